The number of aromatic hydroxyl groups is 1. The van der Waals surface area contributed by atoms with E-state index in [1.54, 1.807) is 24.3 Å². The molecule has 2 atom stereocenters. The molecule has 0 saturated carbocycles. The third-order valence-electron chi connectivity index (χ3n) is 5.24. The Morgan fingerprint density at radius 1 is 1.38 bits per heavy atom. The van der Waals surface area contributed by atoms with E-state index in [1.165, 1.54) is 4.90 Å². The number of rotatable bonds is 4. The third kappa shape index (κ3) is 4.41. The minimum absolute atomic E-state index is 0.0158. The minimum atomic E-state index is -5.25. The fourth-order valence-electron chi connectivity index (χ4n) is 3.86. The van der Waals surface area contributed by atoms with Crippen molar-refractivity contribution >= 4 is 30.4 Å². The molecule has 11 heteroatoms. The van der Waals surface area contributed by atoms with Gasteiger partial charge in [0.2, 0.25) is 0 Å². The Hall–Kier alpha value is -2.39. The van der Waals surface area contributed by atoms with Crippen LogP contribution in [0.15, 0.2) is 45.6 Å². The van der Waals surface area contributed by atoms with E-state index in [2.05, 4.69) is 0 Å². The summed E-state index contributed by atoms with van der Waals surface area (Å²) in [5, 5.41) is 21.3. The fourth-order valence-corrected chi connectivity index (χ4v) is 4.47. The SMILES string of the molecule is [2H]c1c(OP(=O)(O)O)c(C2CCN(C([2H])[2H])CC2O)c2oc(-c3ccccc3Cl)cc(=O)c2c1O. The Morgan fingerprint density at radius 3 is 2.78 bits per heavy atom. The van der Waals surface area contributed by atoms with E-state index >= 15 is 0 Å². The number of phenolic OH excluding ortho intramolecular Hbond substituents is 1. The molecule has 0 aliphatic carbocycles. The molecule has 1 aliphatic rings. The van der Waals surface area contributed by atoms with Crippen LogP contribution in [0.25, 0.3) is 22.3 Å². The number of fused-ring (bicyclic) bond motifs is 1. The predicted molar refractivity (Wildman–Crippen MR) is 118 cm³/mol. The fraction of sp³-hybridized carbons (Fsp3) is 0.286. The quantitative estimate of drug-likeness (QED) is 0.411. The molecule has 2 unspecified atom stereocenters. The zero-order chi connectivity index (χ0) is 25.7. The normalized spacial score (nSPS) is 21.3. The van der Waals surface area contributed by atoms with Crippen molar-refractivity contribution in [3.8, 4) is 22.8 Å². The van der Waals surface area contributed by atoms with Crippen LogP contribution in [0.3, 0.4) is 0 Å². The molecule has 3 aromatic rings. The van der Waals surface area contributed by atoms with Crippen LogP contribution in [-0.2, 0) is 4.57 Å². The predicted octanol–water partition coefficient (Wildman–Crippen LogP) is 3.07. The van der Waals surface area contributed by atoms with Gasteiger partial charge in [-0.2, -0.15) is 0 Å². The third-order valence-corrected chi connectivity index (χ3v) is 5.99. The minimum Gasteiger partial charge on any atom is -0.507 e. The lowest BCUT2D eigenvalue weighted by atomic mass is 9.85. The molecule has 2 aromatic carbocycles. The summed E-state index contributed by atoms with van der Waals surface area (Å²) in [5.74, 6) is -2.63. The summed E-state index contributed by atoms with van der Waals surface area (Å²) in [7, 11) is -5.25. The maximum atomic E-state index is 13.1. The van der Waals surface area contributed by atoms with E-state index in [4.69, 9.17) is 24.7 Å². The summed E-state index contributed by atoms with van der Waals surface area (Å²) in [6, 6.07) is 6.66. The van der Waals surface area contributed by atoms with E-state index in [1.807, 2.05) is 0 Å². The number of phosphoric ester groups is 1. The highest BCUT2D eigenvalue weighted by molar-refractivity contribution is 7.46. The second-order valence-electron chi connectivity index (χ2n) is 7.41. The Bertz CT molecular complexity index is 1400. The molecule has 1 saturated heterocycles. The molecular formula is C21H21ClNO8P. The smallest absolute Gasteiger partial charge is 0.507 e. The van der Waals surface area contributed by atoms with Crippen molar-refractivity contribution in [3.05, 3.63) is 57.2 Å². The Morgan fingerprint density at radius 2 is 2.12 bits per heavy atom. The van der Waals surface area contributed by atoms with Crippen LogP contribution < -0.4 is 9.95 Å². The summed E-state index contributed by atoms with van der Waals surface area (Å²) < 4.78 is 45.9. The molecule has 9 nitrogen and oxygen atoms in total. The molecule has 0 radical (unpaired) electrons. The zero-order valence-electron chi connectivity index (χ0n) is 19.4. The van der Waals surface area contributed by atoms with Crippen molar-refractivity contribution < 1.29 is 37.6 Å². The van der Waals surface area contributed by atoms with Gasteiger partial charge in [0.15, 0.2) is 5.43 Å². The van der Waals surface area contributed by atoms with Gasteiger partial charge in [0.25, 0.3) is 0 Å². The first-order valence-electron chi connectivity index (χ1n) is 11.1. The summed E-state index contributed by atoms with van der Waals surface area (Å²) in [5.41, 5.74) is -0.931. The van der Waals surface area contributed by atoms with Crippen molar-refractivity contribution in [1.82, 2.24) is 4.90 Å². The number of likely N-dealkylation sites (N-methyl/N-ethyl adjacent to an activating group) is 1. The standard InChI is InChI=1S/C21H21ClNO8P/c1-23-7-6-12(16(26)10-23)19-18(31-32(27,28)29)9-15(25)20-14(24)8-17(30-21(19)20)11-4-2-3-5-13(11)22/h2-5,8-9,12,16,25-26H,6-7,10H2,1H3,(H2,27,28,29)/i1D2,9D. The molecule has 1 aliphatic heterocycles. The van der Waals surface area contributed by atoms with Crippen molar-refractivity contribution in [2.45, 2.75) is 18.4 Å². The van der Waals surface area contributed by atoms with Crippen LogP contribution in [0.4, 0.5) is 0 Å². The molecule has 170 valence electrons. The summed E-state index contributed by atoms with van der Waals surface area (Å²) >= 11 is 6.24. The lowest BCUT2D eigenvalue weighted by Gasteiger charge is -2.34. The highest BCUT2D eigenvalue weighted by atomic mass is 35.5. The molecule has 1 fully saturated rings. The Kier molecular flexibility index (Phi) is 5.09. The van der Waals surface area contributed by atoms with Crippen molar-refractivity contribution in [3.63, 3.8) is 0 Å². The monoisotopic (exact) mass is 484 g/mol. The van der Waals surface area contributed by atoms with E-state index < -0.39 is 55.2 Å². The topological polar surface area (TPSA) is 141 Å². The highest BCUT2D eigenvalue weighted by Crippen LogP contribution is 2.48. The number of piperidine rings is 1. The number of halogens is 1. The molecule has 4 rings (SSSR count). The number of hydrogen-bond donors (Lipinski definition) is 4. The molecular weight excluding hydrogens is 461 g/mol. The highest BCUT2D eigenvalue weighted by Gasteiger charge is 2.35. The van der Waals surface area contributed by atoms with Crippen LogP contribution in [0.5, 0.6) is 11.5 Å². The number of β-amino-alcohol motifs (C(OH)–C–C–N with tert-alkyl or cyclic N) is 1. The summed E-state index contributed by atoms with van der Waals surface area (Å²) in [4.78, 5) is 33.4. The summed E-state index contributed by atoms with van der Waals surface area (Å²) in [6.45, 7) is -1.34. The van der Waals surface area contributed by atoms with Crippen LogP contribution in [0.1, 0.15) is 22.0 Å². The first-order valence-corrected chi connectivity index (χ1v) is 11.4. The van der Waals surface area contributed by atoms with Crippen LogP contribution in [-0.4, -0.2) is 51.1 Å². The second-order valence-corrected chi connectivity index (χ2v) is 8.99. The molecule has 0 bridgehead atoms. The summed E-state index contributed by atoms with van der Waals surface area (Å²) in [6.07, 6.45) is -1.20. The average Bonchev–Trinajstić information content (AvgIpc) is 2.77. The van der Waals surface area contributed by atoms with Crippen LogP contribution in [0, 0.1) is 0 Å². The number of nitrogens with zero attached hydrogens (tertiary/aromatic N) is 1. The van der Waals surface area contributed by atoms with Crippen LogP contribution >= 0.6 is 19.4 Å². The number of hydrogen-bond acceptors (Lipinski definition) is 7. The molecule has 1 aromatic heterocycles. The van der Waals surface area contributed by atoms with E-state index in [9.17, 15) is 29.4 Å². The van der Waals surface area contributed by atoms with Crippen LogP contribution in [0.2, 0.25) is 5.02 Å². The maximum Gasteiger partial charge on any atom is 0.524 e. The Balaban J connectivity index is 2.05. The lowest BCUT2D eigenvalue weighted by Crippen LogP contribution is -2.40. The van der Waals surface area contributed by atoms with Crippen molar-refractivity contribution in [1.29, 1.82) is 0 Å². The first kappa shape index (κ1) is 19.1. The second kappa shape index (κ2) is 8.51. The van der Waals surface area contributed by atoms with E-state index in [-0.39, 0.29) is 41.4 Å². The number of aliphatic hydroxyl groups is 1. The van der Waals surface area contributed by atoms with Gasteiger partial charge in [-0.1, -0.05) is 23.7 Å². The van der Waals surface area contributed by atoms with Gasteiger partial charge in [-0.15, -0.1) is 0 Å². The molecule has 32 heavy (non-hydrogen) atoms. The first-order chi connectivity index (χ1) is 16.4. The maximum absolute atomic E-state index is 13.1. The van der Waals surface area contributed by atoms with Gasteiger partial charge in [-0.3, -0.25) is 14.6 Å². The molecule has 4 N–H and O–H groups in total. The van der Waals surface area contributed by atoms with Gasteiger partial charge in [-0.05, 0) is 32.1 Å². The van der Waals surface area contributed by atoms with E-state index in [0.717, 1.165) is 6.07 Å². The van der Waals surface area contributed by atoms with E-state index in [0.29, 0.717) is 5.56 Å². The number of benzene rings is 2. The average molecular weight is 485 g/mol. The van der Waals surface area contributed by atoms with Gasteiger partial charge >= 0.3 is 7.82 Å². The van der Waals surface area contributed by atoms with Gasteiger partial charge in [0, 0.05) is 38.4 Å². The molecule has 2 heterocycles. The number of aliphatic hydroxyl groups excluding tert-OH is 1. The largest absolute Gasteiger partial charge is 0.524 e. The van der Waals surface area contributed by atoms with Gasteiger partial charge in [-0.25, -0.2) is 4.57 Å². The van der Waals surface area contributed by atoms with Gasteiger partial charge < -0.3 is 24.1 Å². The number of phosphoric acid groups is 1. The Labute approximate surface area is 191 Å². The molecule has 0 amide bonds. The van der Waals surface area contributed by atoms with Gasteiger partial charge in [0.1, 0.15) is 28.2 Å². The van der Waals surface area contributed by atoms with Crippen molar-refractivity contribution in [2.75, 3.05) is 20.1 Å². The molecule has 0 spiro atoms. The number of likely N-dealkylation sites (tertiary alicyclic amines) is 1. The lowest BCUT2D eigenvalue weighted by molar-refractivity contribution is 0.0632. The van der Waals surface area contributed by atoms with Gasteiger partial charge in [0.05, 0.1) is 12.5 Å². The van der Waals surface area contributed by atoms with Crippen molar-refractivity contribution in [2.24, 2.45) is 0 Å². The number of phenols is 1. The zero-order valence-corrected chi connectivity index (χ0v) is 18.1.